The number of benzene rings is 1. The Morgan fingerprint density at radius 3 is 2.92 bits per heavy atom. The topological polar surface area (TPSA) is 96.7 Å². The van der Waals surface area contributed by atoms with E-state index >= 15 is 0 Å². The van der Waals surface area contributed by atoms with Gasteiger partial charge < -0.3 is 11.1 Å². The number of anilines is 1. The van der Waals surface area contributed by atoms with Crippen molar-refractivity contribution in [2.75, 3.05) is 5.32 Å². The first-order chi connectivity index (χ1) is 6.25. The van der Waals surface area contributed by atoms with Crippen LogP contribution in [0.25, 0.3) is 11.0 Å². The number of nitrogens with two attached hydrogens (primary N) is 1. The number of carbonyl (C=O) groups is 1. The third-order valence-electron chi connectivity index (χ3n) is 1.58. The van der Waals surface area contributed by atoms with Gasteiger partial charge in [-0.05, 0) is 18.2 Å². The third-order valence-corrected chi connectivity index (χ3v) is 1.58. The van der Waals surface area contributed by atoms with Gasteiger partial charge in [-0.25, -0.2) is 4.79 Å². The minimum atomic E-state index is -0.595. The summed E-state index contributed by atoms with van der Waals surface area (Å²) in [4.78, 5) is 10.5. The number of primary amides is 1. The summed E-state index contributed by atoms with van der Waals surface area (Å²) in [6.45, 7) is 0. The molecule has 2 amide bonds. The highest BCUT2D eigenvalue weighted by molar-refractivity contribution is 5.90. The summed E-state index contributed by atoms with van der Waals surface area (Å²) in [5, 5.41) is 12.6. The zero-order valence-corrected chi connectivity index (χ0v) is 6.61. The van der Waals surface area contributed by atoms with Gasteiger partial charge in [0.1, 0.15) is 11.0 Å². The van der Waals surface area contributed by atoms with E-state index in [-0.39, 0.29) is 0 Å². The summed E-state index contributed by atoms with van der Waals surface area (Å²) in [6.07, 6.45) is 0. The van der Waals surface area contributed by atoms with E-state index in [1.54, 1.807) is 18.2 Å². The lowest BCUT2D eigenvalue weighted by atomic mass is 10.3. The summed E-state index contributed by atoms with van der Waals surface area (Å²) in [6, 6.07) is 4.53. The second-order valence-electron chi connectivity index (χ2n) is 2.52. The van der Waals surface area contributed by atoms with Gasteiger partial charge in [0.05, 0.1) is 0 Å². The Balaban J connectivity index is 2.42. The molecule has 4 N–H and O–H groups in total. The summed E-state index contributed by atoms with van der Waals surface area (Å²) in [5.74, 6) is 0. The fourth-order valence-corrected chi connectivity index (χ4v) is 1.06. The lowest BCUT2D eigenvalue weighted by Crippen LogP contribution is -2.19. The van der Waals surface area contributed by atoms with Gasteiger partial charge in [0.25, 0.3) is 0 Å². The van der Waals surface area contributed by atoms with Crippen LogP contribution in [0.2, 0.25) is 0 Å². The molecule has 0 aliphatic carbocycles. The number of nitrogens with one attached hydrogen (secondary N) is 2. The standard InChI is InChI=1S/C7H7N5O/c8-7(13)9-4-1-2-5-6(3-4)11-12-10-5/h1-3H,(H3,8,9,13)(H,10,11,12). The maximum absolute atomic E-state index is 10.5. The quantitative estimate of drug-likeness (QED) is 0.589. The van der Waals surface area contributed by atoms with Crippen molar-refractivity contribution < 1.29 is 4.79 Å². The molecule has 0 unspecified atom stereocenters. The van der Waals surface area contributed by atoms with Crippen LogP contribution in [0, 0.1) is 0 Å². The second kappa shape index (κ2) is 2.74. The van der Waals surface area contributed by atoms with Crippen molar-refractivity contribution in [1.29, 1.82) is 0 Å². The minimum absolute atomic E-state index is 0.595. The van der Waals surface area contributed by atoms with Crippen molar-refractivity contribution in [3.8, 4) is 0 Å². The average Bonchev–Trinajstić information content (AvgIpc) is 2.49. The van der Waals surface area contributed by atoms with E-state index in [9.17, 15) is 4.79 Å². The first-order valence-corrected chi connectivity index (χ1v) is 3.63. The number of hydrogen-bond donors (Lipinski definition) is 3. The third kappa shape index (κ3) is 1.41. The Labute approximate surface area is 73.1 Å². The van der Waals surface area contributed by atoms with Gasteiger partial charge in [-0.1, -0.05) is 0 Å². The first kappa shape index (κ1) is 7.53. The molecule has 0 radical (unpaired) electrons. The number of fused-ring (bicyclic) bond motifs is 1. The predicted molar refractivity (Wildman–Crippen MR) is 47.1 cm³/mol. The molecule has 0 atom stereocenters. The Morgan fingerprint density at radius 1 is 1.38 bits per heavy atom. The minimum Gasteiger partial charge on any atom is -0.351 e. The molecular weight excluding hydrogens is 170 g/mol. The molecule has 1 aromatic carbocycles. The van der Waals surface area contributed by atoms with Crippen LogP contribution in [-0.4, -0.2) is 21.4 Å². The summed E-state index contributed by atoms with van der Waals surface area (Å²) in [5.41, 5.74) is 6.99. The van der Waals surface area contributed by atoms with E-state index in [0.717, 1.165) is 5.52 Å². The fraction of sp³-hybridized carbons (Fsp3) is 0. The van der Waals surface area contributed by atoms with Gasteiger partial charge >= 0.3 is 6.03 Å². The van der Waals surface area contributed by atoms with Crippen LogP contribution in [0.15, 0.2) is 18.2 Å². The molecule has 0 bridgehead atoms. The molecule has 0 saturated heterocycles. The number of carbonyl (C=O) groups excluding carboxylic acids is 1. The summed E-state index contributed by atoms with van der Waals surface area (Å²) < 4.78 is 0. The average molecular weight is 177 g/mol. The fourth-order valence-electron chi connectivity index (χ4n) is 1.06. The van der Waals surface area contributed by atoms with Crippen LogP contribution in [-0.2, 0) is 0 Å². The van der Waals surface area contributed by atoms with E-state index in [1.165, 1.54) is 0 Å². The molecule has 0 spiro atoms. The van der Waals surface area contributed by atoms with Crippen LogP contribution in [0.4, 0.5) is 10.5 Å². The Morgan fingerprint density at radius 2 is 2.15 bits per heavy atom. The normalized spacial score (nSPS) is 10.2. The van der Waals surface area contributed by atoms with Crippen LogP contribution in [0.1, 0.15) is 0 Å². The molecule has 6 heteroatoms. The van der Waals surface area contributed by atoms with Gasteiger partial charge in [0.15, 0.2) is 0 Å². The van der Waals surface area contributed by atoms with Crippen LogP contribution < -0.4 is 11.1 Å². The molecule has 6 nitrogen and oxygen atoms in total. The van der Waals surface area contributed by atoms with Crippen molar-refractivity contribution in [2.24, 2.45) is 5.73 Å². The highest BCUT2D eigenvalue weighted by atomic mass is 16.2. The van der Waals surface area contributed by atoms with E-state index in [0.29, 0.717) is 11.2 Å². The van der Waals surface area contributed by atoms with Gasteiger partial charge in [0, 0.05) is 5.69 Å². The number of urea groups is 1. The Kier molecular flexibility index (Phi) is 1.59. The molecule has 0 aliphatic heterocycles. The van der Waals surface area contributed by atoms with Crippen molar-refractivity contribution in [3.05, 3.63) is 18.2 Å². The highest BCUT2D eigenvalue weighted by Gasteiger charge is 2.00. The monoisotopic (exact) mass is 177 g/mol. The number of amides is 2. The maximum Gasteiger partial charge on any atom is 0.316 e. The molecule has 1 heterocycles. The van der Waals surface area contributed by atoms with E-state index in [1.807, 2.05) is 0 Å². The van der Waals surface area contributed by atoms with Crippen molar-refractivity contribution in [2.45, 2.75) is 0 Å². The molecule has 0 aliphatic rings. The maximum atomic E-state index is 10.5. The molecule has 13 heavy (non-hydrogen) atoms. The van der Waals surface area contributed by atoms with E-state index < -0.39 is 6.03 Å². The van der Waals surface area contributed by atoms with Gasteiger partial charge in [-0.3, -0.25) is 0 Å². The van der Waals surface area contributed by atoms with Crippen molar-refractivity contribution >= 4 is 22.8 Å². The van der Waals surface area contributed by atoms with Crippen LogP contribution >= 0.6 is 0 Å². The zero-order chi connectivity index (χ0) is 9.26. The molecule has 0 saturated carbocycles. The number of aromatic amines is 1. The smallest absolute Gasteiger partial charge is 0.316 e. The van der Waals surface area contributed by atoms with E-state index in [4.69, 9.17) is 5.73 Å². The largest absolute Gasteiger partial charge is 0.351 e. The predicted octanol–water partition coefficient (Wildman–Crippen LogP) is 0.449. The van der Waals surface area contributed by atoms with Crippen LogP contribution in [0.3, 0.4) is 0 Å². The van der Waals surface area contributed by atoms with Crippen molar-refractivity contribution in [1.82, 2.24) is 15.4 Å². The second-order valence-corrected chi connectivity index (χ2v) is 2.52. The van der Waals surface area contributed by atoms with Gasteiger partial charge in [-0.2, -0.15) is 15.4 Å². The molecule has 0 fully saturated rings. The van der Waals surface area contributed by atoms with Gasteiger partial charge in [0.2, 0.25) is 0 Å². The highest BCUT2D eigenvalue weighted by Crippen LogP contribution is 2.14. The van der Waals surface area contributed by atoms with Gasteiger partial charge in [-0.15, -0.1) is 0 Å². The number of H-pyrrole nitrogens is 1. The number of aromatic nitrogens is 3. The Hall–Kier alpha value is -2.11. The molecule has 2 rings (SSSR count). The zero-order valence-electron chi connectivity index (χ0n) is 6.61. The number of hydrogen-bond acceptors (Lipinski definition) is 3. The molecular formula is C7H7N5O. The number of rotatable bonds is 1. The summed E-state index contributed by atoms with van der Waals surface area (Å²) >= 11 is 0. The lowest BCUT2D eigenvalue weighted by molar-refractivity contribution is 0.259. The molecule has 2 aromatic rings. The SMILES string of the molecule is NC(=O)Nc1ccc2n[nH]nc2c1. The molecule has 66 valence electrons. The Bertz CT molecular complexity index is 449. The van der Waals surface area contributed by atoms with Crippen molar-refractivity contribution in [3.63, 3.8) is 0 Å². The van der Waals surface area contributed by atoms with Crippen LogP contribution in [0.5, 0.6) is 0 Å². The van der Waals surface area contributed by atoms with E-state index in [2.05, 4.69) is 20.7 Å². The molecule has 1 aromatic heterocycles. The number of nitrogens with zero attached hydrogens (tertiary/aromatic N) is 2. The first-order valence-electron chi connectivity index (χ1n) is 3.63. The lowest BCUT2D eigenvalue weighted by Gasteiger charge is -1.98. The summed E-state index contributed by atoms with van der Waals surface area (Å²) in [7, 11) is 0.